The van der Waals surface area contributed by atoms with Crippen LogP contribution in [0.3, 0.4) is 0 Å². The number of carbonyl (C=O) groups excluding carboxylic acids is 2. The van der Waals surface area contributed by atoms with Crippen molar-refractivity contribution in [3.05, 3.63) is 22.7 Å². The van der Waals surface area contributed by atoms with Crippen molar-refractivity contribution < 1.29 is 9.59 Å². The first-order valence-corrected chi connectivity index (χ1v) is 14.2. The number of hydrogen-bond acceptors (Lipinski definition) is 7. The molecule has 220 valence electrons. The number of hydrogen-bond donors (Lipinski definition) is 3. The Kier molecular flexibility index (Phi) is 10.8. The molecule has 0 bridgehead atoms. The van der Waals surface area contributed by atoms with Gasteiger partial charge < -0.3 is 26.2 Å². The van der Waals surface area contributed by atoms with Gasteiger partial charge in [-0.05, 0) is 84.2 Å². The van der Waals surface area contributed by atoms with Crippen molar-refractivity contribution in [3.63, 3.8) is 0 Å². The zero-order chi connectivity index (χ0) is 27.4. The summed E-state index contributed by atoms with van der Waals surface area (Å²) in [5.74, 6) is 0.777. The van der Waals surface area contributed by atoms with E-state index >= 15 is 0 Å². The minimum atomic E-state index is -0.933. The molecular weight excluding hydrogens is 520 g/mol. The number of carbonyl (C=O) groups is 2. The monoisotopic (exact) mass is 566 g/mol. The number of piperazine rings is 1. The number of nitrogens with zero attached hydrogens (tertiary/aromatic N) is 5. The zero-order valence-corrected chi connectivity index (χ0v) is 24.5. The zero-order valence-electron chi connectivity index (χ0n) is 23.7. The molecular formula is C27H47ClN8O3. The lowest BCUT2D eigenvalue weighted by molar-refractivity contribution is -0.137. The van der Waals surface area contributed by atoms with Crippen LogP contribution in [0, 0.1) is 5.92 Å². The fourth-order valence-electron chi connectivity index (χ4n) is 6.17. The Bertz CT molecular complexity index is 1020. The average molecular weight is 567 g/mol. The van der Waals surface area contributed by atoms with Gasteiger partial charge in [-0.1, -0.05) is 0 Å². The number of nitrogens with two attached hydrogens (primary N) is 2. The van der Waals surface area contributed by atoms with E-state index in [0.29, 0.717) is 44.2 Å². The van der Waals surface area contributed by atoms with E-state index in [0.717, 1.165) is 45.1 Å². The quantitative estimate of drug-likeness (QED) is 0.478. The summed E-state index contributed by atoms with van der Waals surface area (Å²) in [4.78, 5) is 47.9. The van der Waals surface area contributed by atoms with Crippen molar-refractivity contribution in [1.29, 1.82) is 0 Å². The highest BCUT2D eigenvalue weighted by molar-refractivity contribution is 5.89. The van der Waals surface area contributed by atoms with Crippen LogP contribution in [0.15, 0.2) is 17.1 Å². The number of aromatic nitrogens is 2. The van der Waals surface area contributed by atoms with Gasteiger partial charge in [0, 0.05) is 57.0 Å². The summed E-state index contributed by atoms with van der Waals surface area (Å²) in [5, 5.41) is 2.74. The van der Waals surface area contributed by atoms with Crippen LogP contribution in [-0.2, 0) is 4.79 Å². The highest BCUT2D eigenvalue weighted by Gasteiger charge is 2.32. The molecule has 0 aromatic carbocycles. The summed E-state index contributed by atoms with van der Waals surface area (Å²) in [6.45, 7) is 6.12. The van der Waals surface area contributed by atoms with Gasteiger partial charge in [-0.15, -0.1) is 12.4 Å². The van der Waals surface area contributed by atoms with Crippen LogP contribution in [0.25, 0.3) is 0 Å². The second kappa shape index (κ2) is 13.4. The lowest BCUT2D eigenvalue weighted by atomic mass is 9.84. The summed E-state index contributed by atoms with van der Waals surface area (Å²) >= 11 is 0. The van der Waals surface area contributed by atoms with Crippen molar-refractivity contribution in [1.82, 2.24) is 24.3 Å². The lowest BCUT2D eigenvalue weighted by Crippen LogP contribution is -2.58. The second-order valence-corrected chi connectivity index (χ2v) is 12.1. The van der Waals surface area contributed by atoms with Gasteiger partial charge in [0.1, 0.15) is 5.82 Å². The first kappa shape index (κ1) is 31.3. The summed E-state index contributed by atoms with van der Waals surface area (Å²) in [6.07, 6.45) is 10.5. The molecule has 5 N–H and O–H groups in total. The van der Waals surface area contributed by atoms with Crippen molar-refractivity contribution in [2.45, 2.75) is 88.9 Å². The summed E-state index contributed by atoms with van der Waals surface area (Å²) in [5.41, 5.74) is 10.7. The van der Waals surface area contributed by atoms with Gasteiger partial charge in [-0.2, -0.15) is 4.98 Å². The van der Waals surface area contributed by atoms with Crippen LogP contribution in [-0.4, -0.2) is 93.6 Å². The maximum Gasteiger partial charge on any atom is 0.349 e. The SMILES string of the molecule is CN(CC1CCC(n2ccc(NC(=O)N3CCN(C(=O)C(C)(C)N)CC3)nc2=O)CC1)C1CCC(N)CC1.Cl. The Morgan fingerprint density at radius 1 is 1.03 bits per heavy atom. The Hall–Kier alpha value is -2.21. The standard InChI is InChI=1S/C27H46N8O3.ClH/c1-27(2,29)24(36)33-14-16-34(17-15-33)25(37)30-23-12-13-35(26(38)31-23)22-8-4-19(5-9-22)18-32(3)21-10-6-20(28)7-11-21;/h12-13,19-22H,4-11,14-18,28-29H2,1-3H3,(H,30,31,37,38);1H. The molecule has 1 aromatic heterocycles. The maximum atomic E-state index is 12.8. The Balaban J connectivity index is 0.00000420. The van der Waals surface area contributed by atoms with E-state index < -0.39 is 5.54 Å². The molecule has 3 aliphatic rings. The third-order valence-corrected chi connectivity index (χ3v) is 8.59. The smallest absolute Gasteiger partial charge is 0.338 e. The number of nitrogens with one attached hydrogen (secondary N) is 1. The van der Waals surface area contributed by atoms with Crippen molar-refractivity contribution in [3.8, 4) is 0 Å². The molecule has 39 heavy (non-hydrogen) atoms. The normalized spacial score (nSPS) is 26.2. The first-order chi connectivity index (χ1) is 18.0. The number of rotatable bonds is 6. The molecule has 0 atom stereocenters. The lowest BCUT2D eigenvalue weighted by Gasteiger charge is -2.37. The highest BCUT2D eigenvalue weighted by atomic mass is 35.5. The fourth-order valence-corrected chi connectivity index (χ4v) is 6.17. The molecule has 3 amide bonds. The molecule has 2 heterocycles. The van der Waals surface area contributed by atoms with Crippen LogP contribution in [0.4, 0.5) is 10.6 Å². The van der Waals surface area contributed by atoms with E-state index in [2.05, 4.69) is 22.2 Å². The van der Waals surface area contributed by atoms with Crippen LogP contribution in [0.5, 0.6) is 0 Å². The van der Waals surface area contributed by atoms with E-state index in [1.54, 1.807) is 40.5 Å². The molecule has 2 saturated carbocycles. The Morgan fingerprint density at radius 2 is 1.62 bits per heavy atom. The molecule has 1 aliphatic heterocycles. The molecule has 4 rings (SSSR count). The maximum absolute atomic E-state index is 12.8. The van der Waals surface area contributed by atoms with Crippen LogP contribution in [0.1, 0.15) is 71.3 Å². The highest BCUT2D eigenvalue weighted by Crippen LogP contribution is 2.33. The predicted molar refractivity (Wildman–Crippen MR) is 155 cm³/mol. The topological polar surface area (TPSA) is 143 Å². The number of urea groups is 1. The third-order valence-electron chi connectivity index (χ3n) is 8.59. The predicted octanol–water partition coefficient (Wildman–Crippen LogP) is 2.01. The van der Waals surface area contributed by atoms with E-state index in [4.69, 9.17) is 11.5 Å². The summed E-state index contributed by atoms with van der Waals surface area (Å²) < 4.78 is 1.72. The van der Waals surface area contributed by atoms with Gasteiger partial charge in [-0.25, -0.2) is 9.59 Å². The number of amides is 3. The molecule has 1 aromatic rings. The molecule has 0 radical (unpaired) electrons. The largest absolute Gasteiger partial charge is 0.349 e. The van der Waals surface area contributed by atoms with E-state index in [1.807, 2.05) is 0 Å². The van der Waals surface area contributed by atoms with Gasteiger partial charge in [0.25, 0.3) is 0 Å². The molecule has 0 unspecified atom stereocenters. The third kappa shape index (κ3) is 8.15. The summed E-state index contributed by atoms with van der Waals surface area (Å²) in [6, 6.07) is 2.54. The number of anilines is 1. The van der Waals surface area contributed by atoms with Gasteiger partial charge >= 0.3 is 11.7 Å². The van der Waals surface area contributed by atoms with Crippen LogP contribution < -0.4 is 22.5 Å². The molecule has 0 spiro atoms. The molecule has 3 fully saturated rings. The van der Waals surface area contributed by atoms with E-state index in [9.17, 15) is 14.4 Å². The van der Waals surface area contributed by atoms with E-state index in [-0.39, 0.29) is 41.9 Å². The van der Waals surface area contributed by atoms with Crippen LogP contribution >= 0.6 is 12.4 Å². The van der Waals surface area contributed by atoms with Crippen molar-refractivity contribution in [2.24, 2.45) is 17.4 Å². The molecule has 11 nitrogen and oxygen atoms in total. The minimum absolute atomic E-state index is 0. The van der Waals surface area contributed by atoms with Crippen molar-refractivity contribution in [2.75, 3.05) is 45.1 Å². The minimum Gasteiger partial charge on any atom is -0.338 e. The summed E-state index contributed by atoms with van der Waals surface area (Å²) in [7, 11) is 2.25. The Labute approximate surface area is 238 Å². The van der Waals surface area contributed by atoms with Crippen LogP contribution in [0.2, 0.25) is 0 Å². The molecule has 1 saturated heterocycles. The van der Waals surface area contributed by atoms with Gasteiger partial charge in [0.15, 0.2) is 0 Å². The number of halogens is 1. The average Bonchev–Trinajstić information content (AvgIpc) is 2.89. The fraction of sp³-hybridized carbons (Fsp3) is 0.778. The van der Waals surface area contributed by atoms with Gasteiger partial charge in [0.2, 0.25) is 5.91 Å². The van der Waals surface area contributed by atoms with Gasteiger partial charge in [-0.3, -0.25) is 14.7 Å². The van der Waals surface area contributed by atoms with Gasteiger partial charge in [0.05, 0.1) is 5.54 Å². The molecule has 2 aliphatic carbocycles. The second-order valence-electron chi connectivity index (χ2n) is 12.1. The van der Waals surface area contributed by atoms with Crippen molar-refractivity contribution >= 4 is 30.2 Å². The first-order valence-electron chi connectivity index (χ1n) is 14.2. The van der Waals surface area contributed by atoms with E-state index in [1.165, 1.54) is 12.8 Å². The molecule has 12 heteroatoms. The Morgan fingerprint density at radius 3 is 2.18 bits per heavy atom.